The highest BCUT2D eigenvalue weighted by Gasteiger charge is 2.12. The van der Waals surface area contributed by atoms with Gasteiger partial charge in [0.25, 0.3) is 0 Å². The van der Waals surface area contributed by atoms with Crippen LogP contribution < -0.4 is 11.3 Å². The van der Waals surface area contributed by atoms with Crippen molar-refractivity contribution < 1.29 is 0 Å². The van der Waals surface area contributed by atoms with Gasteiger partial charge in [-0.3, -0.25) is 16.0 Å². The van der Waals surface area contributed by atoms with Crippen LogP contribution in [0.2, 0.25) is 0 Å². The van der Waals surface area contributed by atoms with E-state index in [0.717, 1.165) is 18.0 Å². The van der Waals surface area contributed by atoms with Crippen LogP contribution in [-0.4, -0.2) is 26.6 Å². The first-order chi connectivity index (χ1) is 9.19. The fraction of sp³-hybridized carbons (Fsp3) is 0.385. The molecule has 0 aliphatic heterocycles. The Morgan fingerprint density at radius 1 is 1.47 bits per heavy atom. The molecule has 1 aromatic heterocycles. The fourth-order valence-electron chi connectivity index (χ4n) is 1.79. The van der Waals surface area contributed by atoms with Crippen LogP contribution in [0.5, 0.6) is 0 Å². The average molecular weight is 277 g/mol. The second kappa shape index (κ2) is 6.70. The molecule has 0 radical (unpaired) electrons. The summed E-state index contributed by atoms with van der Waals surface area (Å²) in [6.45, 7) is 2.10. The summed E-state index contributed by atoms with van der Waals surface area (Å²) in [5, 5.41) is 4.06. The summed E-state index contributed by atoms with van der Waals surface area (Å²) in [4.78, 5) is 5.48. The van der Waals surface area contributed by atoms with E-state index >= 15 is 0 Å². The summed E-state index contributed by atoms with van der Waals surface area (Å²) in [6, 6.07) is 8.65. The van der Waals surface area contributed by atoms with Gasteiger partial charge < -0.3 is 0 Å². The van der Waals surface area contributed by atoms with Crippen LogP contribution in [0.3, 0.4) is 0 Å². The molecule has 1 atom stereocenters. The van der Waals surface area contributed by atoms with Gasteiger partial charge in [0, 0.05) is 30.2 Å². The first kappa shape index (κ1) is 14.0. The summed E-state index contributed by atoms with van der Waals surface area (Å²) in [6.07, 6.45) is 2.34. The van der Waals surface area contributed by atoms with E-state index in [1.807, 2.05) is 7.05 Å². The van der Waals surface area contributed by atoms with Crippen molar-refractivity contribution in [1.82, 2.24) is 20.2 Å². The van der Waals surface area contributed by atoms with E-state index < -0.39 is 0 Å². The molecular formula is C13H19N5S. The van der Waals surface area contributed by atoms with Crippen LogP contribution in [0.15, 0.2) is 35.5 Å². The van der Waals surface area contributed by atoms with Gasteiger partial charge in [-0.1, -0.05) is 17.7 Å². The number of benzene rings is 1. The molecule has 1 heterocycles. The summed E-state index contributed by atoms with van der Waals surface area (Å²) in [5.74, 6) is 7.45. The Morgan fingerprint density at radius 2 is 2.32 bits per heavy atom. The number of nitrogens with one attached hydrogen (secondary N) is 1. The van der Waals surface area contributed by atoms with Gasteiger partial charge in [-0.05, 0) is 19.1 Å². The minimum Gasteiger partial charge on any atom is -0.271 e. The third-order valence-corrected chi connectivity index (χ3v) is 4.07. The lowest BCUT2D eigenvalue weighted by Crippen LogP contribution is -2.39. The number of aryl methyl sites for hydroxylation is 2. The standard InChI is InChI=1S/C13H19N5S/c1-10-4-3-5-12(6-10)19-8-11(17-14)7-13-15-9-16-18(13)2/h3-6,9,11,17H,7-8,14H2,1-2H3. The van der Waals surface area contributed by atoms with E-state index in [1.165, 1.54) is 10.5 Å². The Kier molecular flexibility index (Phi) is 4.95. The van der Waals surface area contributed by atoms with Crippen molar-refractivity contribution in [2.75, 3.05) is 5.75 Å². The molecule has 0 bridgehead atoms. The summed E-state index contributed by atoms with van der Waals surface area (Å²) in [5.41, 5.74) is 4.12. The SMILES string of the molecule is Cc1cccc(SCC(Cc2ncnn2C)NN)c1. The molecule has 0 saturated carbocycles. The third kappa shape index (κ3) is 4.05. The van der Waals surface area contributed by atoms with E-state index in [1.54, 1.807) is 22.8 Å². The van der Waals surface area contributed by atoms with Crippen molar-refractivity contribution in [2.45, 2.75) is 24.3 Å². The Bertz CT molecular complexity index is 525. The second-order valence-corrected chi connectivity index (χ2v) is 5.59. The van der Waals surface area contributed by atoms with Crippen molar-refractivity contribution in [2.24, 2.45) is 12.9 Å². The van der Waals surface area contributed by atoms with Crippen molar-refractivity contribution in [1.29, 1.82) is 0 Å². The molecule has 2 aromatic rings. The van der Waals surface area contributed by atoms with Gasteiger partial charge in [-0.15, -0.1) is 11.8 Å². The van der Waals surface area contributed by atoms with Gasteiger partial charge in [-0.25, -0.2) is 4.98 Å². The molecule has 5 nitrogen and oxygen atoms in total. The summed E-state index contributed by atoms with van der Waals surface area (Å²) >= 11 is 1.80. The lowest BCUT2D eigenvalue weighted by atomic mass is 10.2. The molecular weight excluding hydrogens is 258 g/mol. The van der Waals surface area contributed by atoms with E-state index in [2.05, 4.69) is 46.7 Å². The third-order valence-electron chi connectivity index (χ3n) is 2.91. The van der Waals surface area contributed by atoms with E-state index in [9.17, 15) is 0 Å². The summed E-state index contributed by atoms with van der Waals surface area (Å²) < 4.78 is 1.78. The monoisotopic (exact) mass is 277 g/mol. The quantitative estimate of drug-likeness (QED) is 0.473. The highest BCUT2D eigenvalue weighted by Crippen LogP contribution is 2.20. The van der Waals surface area contributed by atoms with Gasteiger partial charge in [-0.2, -0.15) is 5.10 Å². The molecule has 3 N–H and O–H groups in total. The zero-order valence-electron chi connectivity index (χ0n) is 11.2. The van der Waals surface area contributed by atoms with Gasteiger partial charge in [0.2, 0.25) is 0 Å². The van der Waals surface area contributed by atoms with E-state index in [0.29, 0.717) is 0 Å². The number of aromatic nitrogens is 3. The second-order valence-electron chi connectivity index (χ2n) is 4.50. The number of thioether (sulfide) groups is 1. The number of hydrogen-bond donors (Lipinski definition) is 2. The predicted molar refractivity (Wildman–Crippen MR) is 77.7 cm³/mol. The molecule has 19 heavy (non-hydrogen) atoms. The highest BCUT2D eigenvalue weighted by molar-refractivity contribution is 7.99. The van der Waals surface area contributed by atoms with Crippen LogP contribution in [0.4, 0.5) is 0 Å². The van der Waals surface area contributed by atoms with Crippen molar-refractivity contribution in [3.8, 4) is 0 Å². The van der Waals surface area contributed by atoms with Gasteiger partial charge in [0.15, 0.2) is 0 Å². The van der Waals surface area contributed by atoms with Gasteiger partial charge in [0.1, 0.15) is 12.2 Å². The maximum Gasteiger partial charge on any atom is 0.138 e. The molecule has 1 aromatic carbocycles. The van der Waals surface area contributed by atoms with Crippen molar-refractivity contribution in [3.05, 3.63) is 42.0 Å². The van der Waals surface area contributed by atoms with Crippen molar-refractivity contribution >= 4 is 11.8 Å². The van der Waals surface area contributed by atoms with Gasteiger partial charge in [0.05, 0.1) is 0 Å². The van der Waals surface area contributed by atoms with Crippen LogP contribution >= 0.6 is 11.8 Å². The molecule has 0 spiro atoms. The maximum atomic E-state index is 5.61. The zero-order chi connectivity index (χ0) is 13.7. The Morgan fingerprint density at radius 3 is 2.95 bits per heavy atom. The molecule has 102 valence electrons. The first-order valence-corrected chi connectivity index (χ1v) is 7.16. The summed E-state index contributed by atoms with van der Waals surface area (Å²) in [7, 11) is 1.89. The number of hydrogen-bond acceptors (Lipinski definition) is 5. The lowest BCUT2D eigenvalue weighted by molar-refractivity contribution is 0.544. The smallest absolute Gasteiger partial charge is 0.138 e. The molecule has 0 saturated heterocycles. The highest BCUT2D eigenvalue weighted by atomic mass is 32.2. The number of hydrazine groups is 1. The Balaban J connectivity index is 1.91. The topological polar surface area (TPSA) is 68.8 Å². The normalized spacial score (nSPS) is 12.6. The molecule has 0 aliphatic carbocycles. The molecule has 1 unspecified atom stereocenters. The number of rotatable bonds is 6. The van der Waals surface area contributed by atoms with Crippen LogP contribution in [0, 0.1) is 6.92 Å². The molecule has 2 rings (SSSR count). The fourth-order valence-corrected chi connectivity index (χ4v) is 2.84. The predicted octanol–water partition coefficient (Wildman–Crippen LogP) is 1.29. The minimum absolute atomic E-state index is 0.174. The molecule has 0 fully saturated rings. The molecule has 0 amide bonds. The average Bonchev–Trinajstić information content (AvgIpc) is 2.80. The van der Waals surface area contributed by atoms with Crippen LogP contribution in [-0.2, 0) is 13.5 Å². The van der Waals surface area contributed by atoms with Gasteiger partial charge >= 0.3 is 0 Å². The number of nitrogens with two attached hydrogens (primary N) is 1. The Labute approximate surface area is 117 Å². The minimum atomic E-state index is 0.174. The number of nitrogens with zero attached hydrogens (tertiary/aromatic N) is 3. The zero-order valence-corrected chi connectivity index (χ0v) is 12.0. The Hall–Kier alpha value is -1.37. The first-order valence-electron chi connectivity index (χ1n) is 6.17. The molecule has 6 heteroatoms. The maximum absolute atomic E-state index is 5.61. The van der Waals surface area contributed by atoms with E-state index in [-0.39, 0.29) is 6.04 Å². The molecule has 0 aliphatic rings. The van der Waals surface area contributed by atoms with E-state index in [4.69, 9.17) is 5.84 Å². The lowest BCUT2D eigenvalue weighted by Gasteiger charge is -2.14. The van der Waals surface area contributed by atoms with Crippen LogP contribution in [0.1, 0.15) is 11.4 Å². The largest absolute Gasteiger partial charge is 0.271 e. The van der Waals surface area contributed by atoms with Crippen molar-refractivity contribution in [3.63, 3.8) is 0 Å². The van der Waals surface area contributed by atoms with Crippen LogP contribution in [0.25, 0.3) is 0 Å².